The van der Waals surface area contributed by atoms with E-state index in [1.54, 1.807) is 0 Å². The smallest absolute Gasteiger partial charge is 0.310 e. The molecule has 1 saturated carbocycles. The summed E-state index contributed by atoms with van der Waals surface area (Å²) in [5, 5.41) is 0. The molecule has 0 radical (unpaired) electrons. The van der Waals surface area contributed by atoms with Crippen LogP contribution in [0.15, 0.2) is 29.8 Å². The lowest BCUT2D eigenvalue weighted by Crippen LogP contribution is -2.16. The average Bonchev–Trinajstić information content (AvgIpc) is 2.84. The lowest BCUT2D eigenvalue weighted by atomic mass is 10.1. The minimum absolute atomic E-state index is 0.0120. The van der Waals surface area contributed by atoms with Crippen LogP contribution in [0.1, 0.15) is 51.8 Å². The van der Waals surface area contributed by atoms with Gasteiger partial charge in [-0.1, -0.05) is 38.5 Å². The zero-order valence-electron chi connectivity index (χ0n) is 14.7. The first kappa shape index (κ1) is 16.1. The number of carbonyl (C=O) groups is 1. The molecule has 0 N–H and O–H groups in total. The Labute approximate surface area is 138 Å². The van der Waals surface area contributed by atoms with Gasteiger partial charge in [-0.25, -0.2) is 0 Å². The summed E-state index contributed by atoms with van der Waals surface area (Å²) in [5.41, 5.74) is 3.49. The highest BCUT2D eigenvalue weighted by atomic mass is 16.6. The molecule has 1 aliphatic heterocycles. The molecule has 124 valence electrons. The summed E-state index contributed by atoms with van der Waals surface area (Å²) in [6.45, 7) is 11.0. The number of allylic oxidation sites excluding steroid dienone is 2. The number of rotatable bonds is 4. The molecule has 0 spiro atoms. The van der Waals surface area contributed by atoms with E-state index < -0.39 is 0 Å². The number of fused-ring (bicyclic) bond motifs is 1. The van der Waals surface area contributed by atoms with Gasteiger partial charge in [-0.3, -0.25) is 4.79 Å². The van der Waals surface area contributed by atoms with Gasteiger partial charge in [-0.05, 0) is 49.3 Å². The van der Waals surface area contributed by atoms with Crippen molar-refractivity contribution in [3.8, 4) is 5.75 Å². The summed E-state index contributed by atoms with van der Waals surface area (Å²) >= 11 is 0. The van der Waals surface area contributed by atoms with Gasteiger partial charge >= 0.3 is 5.97 Å². The van der Waals surface area contributed by atoms with Crippen LogP contribution in [-0.2, 0) is 16.0 Å². The molecule has 3 atom stereocenters. The van der Waals surface area contributed by atoms with E-state index in [0.29, 0.717) is 6.61 Å². The Hall–Kier alpha value is -1.77. The Morgan fingerprint density at radius 3 is 2.78 bits per heavy atom. The molecule has 0 amide bonds. The van der Waals surface area contributed by atoms with E-state index in [1.165, 1.54) is 11.1 Å². The highest BCUT2D eigenvalue weighted by Gasteiger charge is 2.61. The molecule has 3 unspecified atom stereocenters. The van der Waals surface area contributed by atoms with Gasteiger partial charge in [0.15, 0.2) is 6.10 Å². The van der Waals surface area contributed by atoms with Crippen molar-refractivity contribution in [2.45, 2.75) is 47.1 Å². The van der Waals surface area contributed by atoms with Crippen molar-refractivity contribution < 1.29 is 14.3 Å². The number of aryl methyl sites for hydroxylation is 1. The number of carbonyl (C=O) groups excluding carboxylic acids is 1. The normalized spacial score (nSPS) is 26.9. The highest BCUT2D eigenvalue weighted by Crippen LogP contribution is 2.60. The maximum Gasteiger partial charge on any atom is 0.310 e. The minimum Gasteiger partial charge on any atom is -0.489 e. The van der Waals surface area contributed by atoms with Crippen molar-refractivity contribution in [2.24, 2.45) is 17.3 Å². The van der Waals surface area contributed by atoms with Gasteiger partial charge in [0.1, 0.15) is 12.4 Å². The summed E-state index contributed by atoms with van der Waals surface area (Å²) in [6.07, 6.45) is 2.89. The Balaban J connectivity index is 1.73. The van der Waals surface area contributed by atoms with Crippen LogP contribution in [0, 0.1) is 17.3 Å². The molecule has 1 aromatic carbocycles. The summed E-state index contributed by atoms with van der Waals surface area (Å²) in [7, 11) is 0. The second-order valence-electron chi connectivity index (χ2n) is 7.53. The summed E-state index contributed by atoms with van der Waals surface area (Å²) in [4.78, 5) is 12.6. The molecule has 1 heterocycles. The summed E-state index contributed by atoms with van der Waals surface area (Å²) < 4.78 is 11.5. The molecule has 0 bridgehead atoms. The van der Waals surface area contributed by atoms with E-state index in [0.717, 1.165) is 17.7 Å². The molecule has 3 heteroatoms. The largest absolute Gasteiger partial charge is 0.489 e. The van der Waals surface area contributed by atoms with E-state index in [1.807, 2.05) is 6.07 Å². The van der Waals surface area contributed by atoms with E-state index >= 15 is 0 Å². The van der Waals surface area contributed by atoms with Crippen LogP contribution in [0.3, 0.4) is 0 Å². The standard InChI is InChI=1S/C20H26O3/c1-6-13-7-8-16-14(10-13)17(11-22-16)23-19(21)18-15(9-12(2)3)20(18,4)5/h7-10,15,17-18H,6,11H2,1-5H3. The number of hydrogen-bond acceptors (Lipinski definition) is 3. The highest BCUT2D eigenvalue weighted by molar-refractivity contribution is 5.78. The molecule has 1 fully saturated rings. The second kappa shape index (κ2) is 5.70. The first-order valence-electron chi connectivity index (χ1n) is 8.45. The minimum atomic E-state index is -0.271. The lowest BCUT2D eigenvalue weighted by molar-refractivity contribution is -0.152. The summed E-state index contributed by atoms with van der Waals surface area (Å²) in [6, 6.07) is 6.15. The van der Waals surface area contributed by atoms with Gasteiger partial charge < -0.3 is 9.47 Å². The van der Waals surface area contributed by atoms with Crippen molar-refractivity contribution >= 4 is 5.97 Å². The Morgan fingerprint density at radius 1 is 1.39 bits per heavy atom. The van der Waals surface area contributed by atoms with Crippen LogP contribution < -0.4 is 4.74 Å². The third-order valence-corrected chi connectivity index (χ3v) is 5.16. The Morgan fingerprint density at radius 2 is 2.13 bits per heavy atom. The summed E-state index contributed by atoms with van der Waals surface area (Å²) in [5.74, 6) is 0.983. The Kier molecular flexibility index (Phi) is 3.99. The molecule has 3 rings (SSSR count). The third kappa shape index (κ3) is 2.89. The maximum atomic E-state index is 12.6. The van der Waals surface area contributed by atoms with Crippen LogP contribution in [0.4, 0.5) is 0 Å². The van der Waals surface area contributed by atoms with Crippen LogP contribution in [0.25, 0.3) is 0 Å². The number of ether oxygens (including phenoxy) is 2. The Bertz CT molecular complexity index is 653. The van der Waals surface area contributed by atoms with E-state index in [9.17, 15) is 4.79 Å². The zero-order chi connectivity index (χ0) is 16.8. The lowest BCUT2D eigenvalue weighted by Gasteiger charge is -2.12. The second-order valence-corrected chi connectivity index (χ2v) is 7.53. The van der Waals surface area contributed by atoms with Crippen molar-refractivity contribution in [2.75, 3.05) is 6.61 Å². The molecule has 1 aliphatic carbocycles. The van der Waals surface area contributed by atoms with Gasteiger partial charge in [0.2, 0.25) is 0 Å². The van der Waals surface area contributed by atoms with Gasteiger partial charge in [-0.15, -0.1) is 0 Å². The molecule has 0 saturated heterocycles. The maximum absolute atomic E-state index is 12.6. The van der Waals surface area contributed by atoms with Crippen LogP contribution >= 0.6 is 0 Å². The van der Waals surface area contributed by atoms with Crippen LogP contribution in [0.2, 0.25) is 0 Å². The fourth-order valence-corrected chi connectivity index (χ4v) is 3.57. The fourth-order valence-electron chi connectivity index (χ4n) is 3.57. The topological polar surface area (TPSA) is 35.5 Å². The molecule has 1 aromatic rings. The number of hydrogen-bond donors (Lipinski definition) is 0. The predicted octanol–water partition coefficient (Wildman–Crippen LogP) is 4.46. The third-order valence-electron chi connectivity index (χ3n) is 5.16. The first-order chi connectivity index (χ1) is 10.8. The van der Waals surface area contributed by atoms with Crippen molar-refractivity contribution in [1.29, 1.82) is 0 Å². The van der Waals surface area contributed by atoms with E-state index in [2.05, 4.69) is 52.8 Å². The van der Waals surface area contributed by atoms with Crippen molar-refractivity contribution in [3.63, 3.8) is 0 Å². The van der Waals surface area contributed by atoms with E-state index in [-0.39, 0.29) is 29.3 Å². The van der Waals surface area contributed by atoms with Gasteiger partial charge in [0.05, 0.1) is 5.92 Å². The molecule has 2 aliphatic rings. The quantitative estimate of drug-likeness (QED) is 0.608. The molecule has 0 aromatic heterocycles. The fraction of sp³-hybridized carbons (Fsp3) is 0.550. The number of esters is 1. The number of benzene rings is 1. The molecular formula is C20H26O3. The SMILES string of the molecule is CCc1ccc2c(c1)C(OC(=O)C1C(C=C(C)C)C1(C)C)CO2. The van der Waals surface area contributed by atoms with Crippen LogP contribution in [0.5, 0.6) is 5.75 Å². The molecule has 3 nitrogen and oxygen atoms in total. The van der Waals surface area contributed by atoms with Gasteiger partial charge in [0.25, 0.3) is 0 Å². The van der Waals surface area contributed by atoms with Gasteiger partial charge in [0, 0.05) is 5.56 Å². The van der Waals surface area contributed by atoms with Gasteiger partial charge in [-0.2, -0.15) is 0 Å². The van der Waals surface area contributed by atoms with Crippen molar-refractivity contribution in [1.82, 2.24) is 0 Å². The van der Waals surface area contributed by atoms with Crippen LogP contribution in [-0.4, -0.2) is 12.6 Å². The average molecular weight is 314 g/mol. The van der Waals surface area contributed by atoms with Crippen molar-refractivity contribution in [3.05, 3.63) is 41.0 Å². The molecular weight excluding hydrogens is 288 g/mol. The molecule has 23 heavy (non-hydrogen) atoms. The van der Waals surface area contributed by atoms with E-state index in [4.69, 9.17) is 9.47 Å². The monoisotopic (exact) mass is 314 g/mol. The predicted molar refractivity (Wildman–Crippen MR) is 90.3 cm³/mol. The first-order valence-corrected chi connectivity index (χ1v) is 8.45. The zero-order valence-corrected chi connectivity index (χ0v) is 14.7.